The molecule has 2 aromatic rings. The van der Waals surface area contributed by atoms with E-state index in [2.05, 4.69) is 10.0 Å². The van der Waals surface area contributed by atoms with Gasteiger partial charge in [0.1, 0.15) is 0 Å². The van der Waals surface area contributed by atoms with Gasteiger partial charge in [-0.2, -0.15) is 0 Å². The molecule has 1 heterocycles. The lowest BCUT2D eigenvalue weighted by atomic mass is 10.2. The second-order valence-corrected chi connectivity index (χ2v) is 9.20. The van der Waals surface area contributed by atoms with Crippen molar-refractivity contribution < 1.29 is 17.9 Å². The third-order valence-corrected chi connectivity index (χ3v) is 6.34. The van der Waals surface area contributed by atoms with E-state index in [-0.39, 0.29) is 23.1 Å². The van der Waals surface area contributed by atoms with Crippen LogP contribution >= 0.6 is 11.6 Å². The molecule has 1 amide bonds. The molecule has 7 nitrogen and oxygen atoms in total. The Morgan fingerprint density at radius 3 is 2.69 bits per heavy atom. The molecule has 1 aliphatic rings. The van der Waals surface area contributed by atoms with E-state index in [4.69, 9.17) is 16.3 Å². The van der Waals surface area contributed by atoms with Crippen LogP contribution in [0.1, 0.15) is 23.2 Å². The number of ether oxygens (including phenoxy) is 1. The fourth-order valence-electron chi connectivity index (χ4n) is 3.05. The molecule has 0 aromatic heterocycles. The molecule has 1 atom stereocenters. The van der Waals surface area contributed by atoms with E-state index in [1.54, 1.807) is 24.3 Å². The summed E-state index contributed by atoms with van der Waals surface area (Å²) < 4.78 is 33.1. The summed E-state index contributed by atoms with van der Waals surface area (Å²) >= 11 is 6.24. The average molecular weight is 438 g/mol. The standard InChI is InChI=1S/C20H24ClN3O4S/c1-24(2)19-9-8-15(12-18(19)21)23-20(25)14-5-3-7-17(11-14)29(26,27)22-13-16-6-4-10-28-16/h3,5,7-9,11-12,16,22H,4,6,10,13H2,1-2H3,(H,23,25). The smallest absolute Gasteiger partial charge is 0.255 e. The molecule has 9 heteroatoms. The van der Waals surface area contributed by atoms with Gasteiger partial charge in [0.2, 0.25) is 10.0 Å². The van der Waals surface area contributed by atoms with Gasteiger partial charge in [-0.15, -0.1) is 0 Å². The fraction of sp³-hybridized carbons (Fsp3) is 0.350. The molecule has 1 saturated heterocycles. The fourth-order valence-corrected chi connectivity index (χ4v) is 4.51. The molecule has 2 aromatic carbocycles. The minimum absolute atomic E-state index is 0.0316. The van der Waals surface area contributed by atoms with E-state index in [0.29, 0.717) is 17.3 Å². The van der Waals surface area contributed by atoms with Gasteiger partial charge in [0, 0.05) is 38.5 Å². The van der Waals surface area contributed by atoms with Crippen molar-refractivity contribution in [1.29, 1.82) is 0 Å². The van der Waals surface area contributed by atoms with Crippen molar-refractivity contribution in [2.24, 2.45) is 0 Å². The van der Waals surface area contributed by atoms with Gasteiger partial charge in [-0.05, 0) is 49.2 Å². The Balaban J connectivity index is 1.71. The number of hydrogen-bond donors (Lipinski definition) is 2. The summed E-state index contributed by atoms with van der Waals surface area (Å²) in [4.78, 5) is 14.5. The Labute approximate surface area is 176 Å². The summed E-state index contributed by atoms with van der Waals surface area (Å²) in [6.45, 7) is 0.872. The van der Waals surface area contributed by atoms with Crippen LogP contribution in [0.2, 0.25) is 5.02 Å². The second-order valence-electron chi connectivity index (χ2n) is 7.03. The van der Waals surface area contributed by atoms with Crippen molar-refractivity contribution in [3.8, 4) is 0 Å². The molecule has 0 saturated carbocycles. The zero-order chi connectivity index (χ0) is 21.0. The van der Waals surface area contributed by atoms with Crippen LogP contribution in [0.15, 0.2) is 47.4 Å². The zero-order valence-corrected chi connectivity index (χ0v) is 17.9. The summed E-state index contributed by atoms with van der Waals surface area (Å²) in [5, 5.41) is 3.25. The minimum Gasteiger partial charge on any atom is -0.377 e. The Kier molecular flexibility index (Phi) is 6.79. The van der Waals surface area contributed by atoms with Crippen LogP contribution in [-0.4, -0.2) is 47.7 Å². The Morgan fingerprint density at radius 1 is 1.24 bits per heavy atom. The zero-order valence-electron chi connectivity index (χ0n) is 16.3. The quantitative estimate of drug-likeness (QED) is 0.694. The molecule has 0 spiro atoms. The highest BCUT2D eigenvalue weighted by Crippen LogP contribution is 2.27. The predicted octanol–water partition coefficient (Wildman–Crippen LogP) is 3.12. The van der Waals surface area contributed by atoms with Crippen LogP contribution in [0.4, 0.5) is 11.4 Å². The highest BCUT2D eigenvalue weighted by molar-refractivity contribution is 7.89. The van der Waals surface area contributed by atoms with Crippen molar-refractivity contribution in [1.82, 2.24) is 4.72 Å². The maximum atomic E-state index is 12.6. The lowest BCUT2D eigenvalue weighted by Crippen LogP contribution is -2.32. The van der Waals surface area contributed by atoms with E-state index in [1.807, 2.05) is 19.0 Å². The summed E-state index contributed by atoms with van der Waals surface area (Å²) in [5.41, 5.74) is 1.59. The van der Waals surface area contributed by atoms with Crippen molar-refractivity contribution in [2.75, 3.05) is 37.5 Å². The number of rotatable bonds is 7. The molecular formula is C20H24ClN3O4S. The number of carbonyl (C=O) groups is 1. The Bertz CT molecular complexity index is 989. The monoisotopic (exact) mass is 437 g/mol. The topological polar surface area (TPSA) is 87.7 Å². The van der Waals surface area contributed by atoms with Crippen molar-refractivity contribution >= 4 is 38.9 Å². The van der Waals surface area contributed by atoms with Gasteiger partial charge in [-0.1, -0.05) is 17.7 Å². The van der Waals surface area contributed by atoms with E-state index < -0.39 is 15.9 Å². The largest absolute Gasteiger partial charge is 0.377 e. The van der Waals surface area contributed by atoms with Crippen LogP contribution in [0.25, 0.3) is 0 Å². The molecule has 0 bridgehead atoms. The lowest BCUT2D eigenvalue weighted by molar-refractivity contribution is 0.102. The first-order valence-electron chi connectivity index (χ1n) is 9.26. The van der Waals surface area contributed by atoms with Crippen LogP contribution in [0.5, 0.6) is 0 Å². The van der Waals surface area contributed by atoms with E-state index >= 15 is 0 Å². The molecule has 3 rings (SSSR count). The second kappa shape index (κ2) is 9.13. The molecule has 2 N–H and O–H groups in total. The van der Waals surface area contributed by atoms with Gasteiger partial charge in [0.25, 0.3) is 5.91 Å². The number of benzene rings is 2. The molecule has 1 unspecified atom stereocenters. The Hall–Kier alpha value is -2.13. The average Bonchev–Trinajstić information content (AvgIpc) is 3.20. The maximum Gasteiger partial charge on any atom is 0.255 e. The number of sulfonamides is 1. The molecule has 1 fully saturated rings. The SMILES string of the molecule is CN(C)c1ccc(NC(=O)c2cccc(S(=O)(=O)NCC3CCCO3)c2)cc1Cl. The third kappa shape index (κ3) is 5.48. The van der Waals surface area contributed by atoms with Gasteiger partial charge in [-0.25, -0.2) is 13.1 Å². The van der Waals surface area contributed by atoms with Gasteiger partial charge >= 0.3 is 0 Å². The van der Waals surface area contributed by atoms with E-state index in [9.17, 15) is 13.2 Å². The van der Waals surface area contributed by atoms with Crippen molar-refractivity contribution in [3.63, 3.8) is 0 Å². The number of anilines is 2. The summed E-state index contributed by atoms with van der Waals surface area (Å²) in [5.74, 6) is -0.421. The molecule has 156 valence electrons. The highest BCUT2D eigenvalue weighted by atomic mass is 35.5. The predicted molar refractivity (Wildman–Crippen MR) is 114 cm³/mol. The molecule has 29 heavy (non-hydrogen) atoms. The molecule has 0 aliphatic carbocycles. The number of nitrogens with one attached hydrogen (secondary N) is 2. The van der Waals surface area contributed by atoms with Gasteiger partial charge < -0.3 is 15.0 Å². The summed E-state index contributed by atoms with van der Waals surface area (Å²) in [7, 11) is 0.0115. The third-order valence-electron chi connectivity index (χ3n) is 4.62. The maximum absolute atomic E-state index is 12.6. The van der Waals surface area contributed by atoms with Crippen molar-refractivity contribution in [3.05, 3.63) is 53.1 Å². The van der Waals surface area contributed by atoms with Crippen LogP contribution < -0.4 is 14.9 Å². The van der Waals surface area contributed by atoms with Crippen molar-refractivity contribution in [2.45, 2.75) is 23.8 Å². The number of hydrogen-bond acceptors (Lipinski definition) is 5. The van der Waals surface area contributed by atoms with Crippen LogP contribution in [-0.2, 0) is 14.8 Å². The van der Waals surface area contributed by atoms with Gasteiger partial charge in [0.15, 0.2) is 0 Å². The van der Waals surface area contributed by atoms with Crippen LogP contribution in [0, 0.1) is 0 Å². The number of nitrogens with zero attached hydrogens (tertiary/aromatic N) is 1. The molecule has 0 radical (unpaired) electrons. The first kappa shape index (κ1) is 21.6. The normalized spacial score (nSPS) is 16.6. The van der Waals surface area contributed by atoms with E-state index in [0.717, 1.165) is 18.5 Å². The van der Waals surface area contributed by atoms with Gasteiger partial charge in [0.05, 0.1) is 21.7 Å². The first-order chi connectivity index (χ1) is 13.8. The highest BCUT2D eigenvalue weighted by Gasteiger charge is 2.21. The lowest BCUT2D eigenvalue weighted by Gasteiger charge is -2.15. The van der Waals surface area contributed by atoms with Crippen LogP contribution in [0.3, 0.4) is 0 Å². The first-order valence-corrected chi connectivity index (χ1v) is 11.1. The number of carbonyl (C=O) groups excluding carboxylic acids is 1. The van der Waals surface area contributed by atoms with Gasteiger partial charge in [-0.3, -0.25) is 4.79 Å². The molecule has 1 aliphatic heterocycles. The Morgan fingerprint density at radius 2 is 2.03 bits per heavy atom. The summed E-state index contributed by atoms with van der Waals surface area (Å²) in [6.07, 6.45) is 1.66. The number of halogens is 1. The molecular weight excluding hydrogens is 414 g/mol. The summed E-state index contributed by atoms with van der Waals surface area (Å²) in [6, 6.07) is 11.1. The minimum atomic E-state index is -3.74. The van der Waals surface area contributed by atoms with E-state index in [1.165, 1.54) is 18.2 Å². The number of amides is 1.